The second-order valence-corrected chi connectivity index (χ2v) is 5.07. The van der Waals surface area contributed by atoms with Crippen LogP contribution in [0.25, 0.3) is 0 Å². The van der Waals surface area contributed by atoms with Crippen molar-refractivity contribution in [1.29, 1.82) is 5.41 Å². The summed E-state index contributed by atoms with van der Waals surface area (Å²) in [6.45, 7) is 6.42. The molecule has 0 aliphatic carbocycles. The first-order valence-electron chi connectivity index (χ1n) is 6.56. The third-order valence-electron chi connectivity index (χ3n) is 3.13. The van der Waals surface area contributed by atoms with E-state index in [9.17, 15) is 0 Å². The first kappa shape index (κ1) is 14.1. The van der Waals surface area contributed by atoms with Crippen LogP contribution in [0.2, 0.25) is 0 Å². The van der Waals surface area contributed by atoms with Crippen LogP contribution in [0, 0.1) is 12.3 Å². The van der Waals surface area contributed by atoms with Crippen LogP contribution < -0.4 is 10.5 Å². The van der Waals surface area contributed by atoms with Gasteiger partial charge in [0.25, 0.3) is 0 Å². The standard InChI is InChI=1S/C16H19N3O/c1-10(2)14-6-5-13(8-11(14)3)20-15-7-4-12(9-19-15)16(17)18/h4-10H,1-3H3,(H3,17,18). The number of nitrogens with zero attached hydrogens (tertiary/aromatic N) is 1. The van der Waals surface area contributed by atoms with Crippen molar-refractivity contribution in [1.82, 2.24) is 4.98 Å². The minimum atomic E-state index is 0.00109. The minimum absolute atomic E-state index is 0.00109. The summed E-state index contributed by atoms with van der Waals surface area (Å²) in [7, 11) is 0. The molecule has 0 bridgehead atoms. The van der Waals surface area contributed by atoms with Gasteiger partial charge in [0.05, 0.1) is 0 Å². The predicted molar refractivity (Wildman–Crippen MR) is 80.6 cm³/mol. The number of hydrogen-bond donors (Lipinski definition) is 2. The molecule has 4 nitrogen and oxygen atoms in total. The fourth-order valence-corrected chi connectivity index (χ4v) is 2.08. The number of pyridine rings is 1. The number of hydrogen-bond acceptors (Lipinski definition) is 3. The first-order valence-corrected chi connectivity index (χ1v) is 6.56. The molecular weight excluding hydrogens is 250 g/mol. The van der Waals surface area contributed by atoms with Gasteiger partial charge in [0, 0.05) is 17.8 Å². The molecule has 0 unspecified atom stereocenters. The van der Waals surface area contributed by atoms with E-state index in [4.69, 9.17) is 15.9 Å². The fourth-order valence-electron chi connectivity index (χ4n) is 2.08. The molecule has 104 valence electrons. The number of benzene rings is 1. The van der Waals surface area contributed by atoms with Gasteiger partial charge in [-0.3, -0.25) is 5.41 Å². The number of nitrogens with one attached hydrogen (secondary N) is 1. The zero-order valence-corrected chi connectivity index (χ0v) is 12.0. The summed E-state index contributed by atoms with van der Waals surface area (Å²) in [5.74, 6) is 1.75. The highest BCUT2D eigenvalue weighted by Gasteiger charge is 2.06. The van der Waals surface area contributed by atoms with Crippen molar-refractivity contribution < 1.29 is 4.74 Å². The third kappa shape index (κ3) is 3.15. The molecule has 0 spiro atoms. The minimum Gasteiger partial charge on any atom is -0.439 e. The number of aromatic nitrogens is 1. The summed E-state index contributed by atoms with van der Waals surface area (Å²) >= 11 is 0. The summed E-state index contributed by atoms with van der Waals surface area (Å²) in [6, 6.07) is 9.47. The molecule has 20 heavy (non-hydrogen) atoms. The third-order valence-corrected chi connectivity index (χ3v) is 3.13. The van der Waals surface area contributed by atoms with Gasteiger partial charge in [-0.25, -0.2) is 4.98 Å². The van der Waals surface area contributed by atoms with Gasteiger partial charge in [-0.15, -0.1) is 0 Å². The highest BCUT2D eigenvalue weighted by molar-refractivity contribution is 5.94. The molecule has 0 saturated heterocycles. The molecule has 1 aromatic heterocycles. The van der Waals surface area contributed by atoms with Gasteiger partial charge in [-0.05, 0) is 42.2 Å². The smallest absolute Gasteiger partial charge is 0.219 e. The van der Waals surface area contributed by atoms with Crippen LogP contribution in [-0.4, -0.2) is 10.8 Å². The monoisotopic (exact) mass is 269 g/mol. The molecule has 0 fully saturated rings. The van der Waals surface area contributed by atoms with E-state index in [1.54, 1.807) is 12.1 Å². The molecule has 0 saturated carbocycles. The lowest BCUT2D eigenvalue weighted by molar-refractivity contribution is 0.462. The van der Waals surface area contributed by atoms with Gasteiger partial charge in [0.15, 0.2) is 0 Å². The van der Waals surface area contributed by atoms with Crippen molar-refractivity contribution in [2.24, 2.45) is 5.73 Å². The number of aryl methyl sites for hydroxylation is 1. The lowest BCUT2D eigenvalue weighted by atomic mass is 9.98. The Morgan fingerprint density at radius 2 is 2.00 bits per heavy atom. The maximum Gasteiger partial charge on any atom is 0.219 e. The first-order chi connectivity index (χ1) is 9.47. The molecule has 1 heterocycles. The normalized spacial score (nSPS) is 10.6. The van der Waals surface area contributed by atoms with E-state index in [1.165, 1.54) is 17.3 Å². The molecule has 2 aromatic rings. The van der Waals surface area contributed by atoms with E-state index in [0.29, 0.717) is 17.4 Å². The average Bonchev–Trinajstić information content (AvgIpc) is 2.39. The van der Waals surface area contributed by atoms with Crippen LogP contribution in [0.1, 0.15) is 36.5 Å². The van der Waals surface area contributed by atoms with E-state index in [0.717, 1.165) is 5.75 Å². The summed E-state index contributed by atoms with van der Waals surface area (Å²) in [4.78, 5) is 4.14. The molecule has 0 radical (unpaired) electrons. The Balaban J connectivity index is 2.17. The number of nitrogen functional groups attached to an aromatic ring is 1. The van der Waals surface area contributed by atoms with Crippen molar-refractivity contribution in [2.45, 2.75) is 26.7 Å². The molecule has 0 atom stereocenters. The van der Waals surface area contributed by atoms with Crippen LogP contribution in [-0.2, 0) is 0 Å². The Bertz CT molecular complexity index is 618. The van der Waals surface area contributed by atoms with Gasteiger partial charge in [0.2, 0.25) is 5.88 Å². The summed E-state index contributed by atoms with van der Waals surface area (Å²) in [5, 5.41) is 7.32. The molecule has 3 N–H and O–H groups in total. The molecule has 0 aliphatic heterocycles. The largest absolute Gasteiger partial charge is 0.439 e. The Labute approximate surface area is 119 Å². The topological polar surface area (TPSA) is 72.0 Å². The quantitative estimate of drug-likeness (QED) is 0.658. The highest BCUT2D eigenvalue weighted by atomic mass is 16.5. The molecule has 2 rings (SSSR count). The van der Waals surface area contributed by atoms with Gasteiger partial charge in [-0.2, -0.15) is 0 Å². The van der Waals surface area contributed by atoms with E-state index in [2.05, 4.69) is 31.8 Å². The molecule has 0 aliphatic rings. The maximum absolute atomic E-state index is 7.32. The van der Waals surface area contributed by atoms with Gasteiger partial charge in [0.1, 0.15) is 11.6 Å². The lowest BCUT2D eigenvalue weighted by Gasteiger charge is -2.12. The zero-order chi connectivity index (χ0) is 14.7. The molecule has 0 amide bonds. The number of rotatable bonds is 4. The number of ether oxygens (including phenoxy) is 1. The van der Waals surface area contributed by atoms with Crippen LogP contribution in [0.3, 0.4) is 0 Å². The second kappa shape index (κ2) is 5.74. The van der Waals surface area contributed by atoms with E-state index < -0.39 is 0 Å². The Hall–Kier alpha value is -2.36. The van der Waals surface area contributed by atoms with Crippen molar-refractivity contribution in [3.8, 4) is 11.6 Å². The van der Waals surface area contributed by atoms with Gasteiger partial charge in [-0.1, -0.05) is 19.9 Å². The maximum atomic E-state index is 7.32. The van der Waals surface area contributed by atoms with Gasteiger partial charge < -0.3 is 10.5 Å². The summed E-state index contributed by atoms with van der Waals surface area (Å²) < 4.78 is 5.71. The molecule has 4 heteroatoms. The summed E-state index contributed by atoms with van der Waals surface area (Å²) in [5.41, 5.74) is 8.49. The number of nitrogens with two attached hydrogens (primary N) is 1. The van der Waals surface area contributed by atoms with Crippen molar-refractivity contribution in [3.63, 3.8) is 0 Å². The van der Waals surface area contributed by atoms with Crippen molar-refractivity contribution >= 4 is 5.84 Å². The Morgan fingerprint density at radius 1 is 1.25 bits per heavy atom. The Morgan fingerprint density at radius 3 is 2.50 bits per heavy atom. The molecule has 1 aromatic carbocycles. The van der Waals surface area contributed by atoms with Crippen LogP contribution in [0.5, 0.6) is 11.6 Å². The van der Waals surface area contributed by atoms with Crippen LogP contribution in [0.4, 0.5) is 0 Å². The van der Waals surface area contributed by atoms with Crippen LogP contribution in [0.15, 0.2) is 36.5 Å². The zero-order valence-electron chi connectivity index (χ0n) is 12.0. The van der Waals surface area contributed by atoms with E-state index in [-0.39, 0.29) is 5.84 Å². The summed E-state index contributed by atoms with van der Waals surface area (Å²) in [6.07, 6.45) is 1.53. The van der Waals surface area contributed by atoms with E-state index >= 15 is 0 Å². The number of amidine groups is 1. The predicted octanol–water partition coefficient (Wildman–Crippen LogP) is 3.59. The average molecular weight is 269 g/mol. The SMILES string of the molecule is Cc1cc(Oc2ccc(C(=N)N)cn2)ccc1C(C)C. The molecular formula is C16H19N3O. The van der Waals surface area contributed by atoms with Crippen molar-refractivity contribution in [2.75, 3.05) is 0 Å². The second-order valence-electron chi connectivity index (χ2n) is 5.07. The van der Waals surface area contributed by atoms with Crippen molar-refractivity contribution in [3.05, 3.63) is 53.2 Å². The fraction of sp³-hybridized carbons (Fsp3) is 0.250. The highest BCUT2D eigenvalue weighted by Crippen LogP contribution is 2.26. The lowest BCUT2D eigenvalue weighted by Crippen LogP contribution is -2.11. The van der Waals surface area contributed by atoms with E-state index in [1.807, 2.05) is 12.1 Å². The Kier molecular flexibility index (Phi) is 4.03. The van der Waals surface area contributed by atoms with Crippen LogP contribution >= 0.6 is 0 Å². The van der Waals surface area contributed by atoms with Gasteiger partial charge >= 0.3 is 0 Å².